The highest BCUT2D eigenvalue weighted by Crippen LogP contribution is 2.50. The second-order valence-electron chi connectivity index (χ2n) is 8.88. The standard InChI is InChI=1S/C21H23F3N4O2S/c1-10(2)19-18(14-5-12(14)9-29)28-17(30)6-13(25-20(28)31-19)8-27-15(11-3-4-11)7-16(26-27)21(22,23)24/h6-7,10-12,14,29H,3-5,8-9H2,1-2H3/t12-,14?/m1/s1. The summed E-state index contributed by atoms with van der Waals surface area (Å²) < 4.78 is 42.5. The highest BCUT2D eigenvalue weighted by Gasteiger charge is 2.42. The topological polar surface area (TPSA) is 72.4 Å². The van der Waals surface area contributed by atoms with E-state index >= 15 is 0 Å². The minimum Gasteiger partial charge on any atom is -0.396 e. The number of hydrogen-bond acceptors (Lipinski definition) is 5. The summed E-state index contributed by atoms with van der Waals surface area (Å²) in [6, 6.07) is 2.51. The first kappa shape index (κ1) is 20.7. The monoisotopic (exact) mass is 452 g/mol. The molecule has 0 bridgehead atoms. The summed E-state index contributed by atoms with van der Waals surface area (Å²) in [7, 11) is 0. The second-order valence-corrected chi connectivity index (χ2v) is 9.89. The summed E-state index contributed by atoms with van der Waals surface area (Å²) in [5.74, 6) is 0.585. The Kier molecular flexibility index (Phi) is 4.78. The second kappa shape index (κ2) is 7.16. The van der Waals surface area contributed by atoms with Gasteiger partial charge in [-0.1, -0.05) is 13.8 Å². The van der Waals surface area contributed by atoms with E-state index in [2.05, 4.69) is 23.9 Å². The number of halogens is 3. The average molecular weight is 453 g/mol. The smallest absolute Gasteiger partial charge is 0.396 e. The van der Waals surface area contributed by atoms with Gasteiger partial charge in [0.05, 0.1) is 12.2 Å². The lowest BCUT2D eigenvalue weighted by atomic mass is 10.1. The van der Waals surface area contributed by atoms with Crippen LogP contribution in [0.25, 0.3) is 4.96 Å². The molecule has 1 N–H and O–H groups in total. The van der Waals surface area contributed by atoms with Crippen LogP contribution in [0.3, 0.4) is 0 Å². The molecule has 0 aliphatic heterocycles. The van der Waals surface area contributed by atoms with Crippen molar-refractivity contribution in [1.82, 2.24) is 19.2 Å². The quantitative estimate of drug-likeness (QED) is 0.611. The number of fused-ring (bicyclic) bond motifs is 1. The van der Waals surface area contributed by atoms with Gasteiger partial charge in [-0.15, -0.1) is 11.3 Å². The van der Waals surface area contributed by atoms with E-state index in [1.165, 1.54) is 22.1 Å². The molecule has 2 fully saturated rings. The molecule has 6 nitrogen and oxygen atoms in total. The van der Waals surface area contributed by atoms with Crippen molar-refractivity contribution >= 4 is 16.3 Å². The molecule has 1 unspecified atom stereocenters. The number of aliphatic hydroxyl groups excluding tert-OH is 1. The van der Waals surface area contributed by atoms with Crippen LogP contribution in [-0.4, -0.2) is 30.9 Å². The zero-order chi connectivity index (χ0) is 22.1. The van der Waals surface area contributed by atoms with Crippen molar-refractivity contribution in [3.63, 3.8) is 0 Å². The summed E-state index contributed by atoms with van der Waals surface area (Å²) in [4.78, 5) is 19.3. The number of rotatable bonds is 6. The lowest BCUT2D eigenvalue weighted by Gasteiger charge is -2.08. The lowest BCUT2D eigenvalue weighted by Crippen LogP contribution is -2.19. The van der Waals surface area contributed by atoms with Gasteiger partial charge in [0.1, 0.15) is 0 Å². The van der Waals surface area contributed by atoms with Crippen LogP contribution in [0, 0.1) is 5.92 Å². The molecule has 10 heteroatoms. The first-order valence-corrected chi connectivity index (χ1v) is 11.3. The number of aromatic nitrogens is 4. The Morgan fingerprint density at radius 1 is 1.29 bits per heavy atom. The van der Waals surface area contributed by atoms with Crippen LogP contribution in [0.1, 0.15) is 78.5 Å². The molecular weight excluding hydrogens is 429 g/mol. The molecule has 31 heavy (non-hydrogen) atoms. The van der Waals surface area contributed by atoms with Crippen LogP contribution in [0.4, 0.5) is 13.2 Å². The predicted octanol–water partition coefficient (Wildman–Crippen LogP) is 4.12. The van der Waals surface area contributed by atoms with E-state index in [1.807, 2.05) is 0 Å². The van der Waals surface area contributed by atoms with Crippen LogP contribution in [0.5, 0.6) is 0 Å². The van der Waals surface area contributed by atoms with Crippen molar-refractivity contribution in [3.8, 4) is 0 Å². The van der Waals surface area contributed by atoms with Crippen LogP contribution in [0.2, 0.25) is 0 Å². The zero-order valence-electron chi connectivity index (χ0n) is 17.2. The van der Waals surface area contributed by atoms with E-state index in [9.17, 15) is 23.1 Å². The SMILES string of the molecule is CC(C)c1sc2nc(Cn3nc(C(F)(F)F)cc3C3CC3)cc(=O)n2c1C1C[C@@H]1CO. The van der Waals surface area contributed by atoms with Gasteiger partial charge in [0.25, 0.3) is 5.56 Å². The molecule has 0 spiro atoms. The fourth-order valence-electron chi connectivity index (χ4n) is 4.24. The van der Waals surface area contributed by atoms with Crippen molar-refractivity contribution < 1.29 is 18.3 Å². The van der Waals surface area contributed by atoms with Gasteiger partial charge in [-0.25, -0.2) is 4.98 Å². The summed E-state index contributed by atoms with van der Waals surface area (Å²) in [5, 5.41) is 13.3. The molecule has 3 aromatic rings. The number of nitrogens with zero attached hydrogens (tertiary/aromatic N) is 4. The Morgan fingerprint density at radius 2 is 2.03 bits per heavy atom. The molecule has 0 amide bonds. The zero-order valence-corrected chi connectivity index (χ0v) is 18.0. The van der Waals surface area contributed by atoms with Crippen LogP contribution in [0.15, 0.2) is 16.9 Å². The van der Waals surface area contributed by atoms with Gasteiger partial charge in [-0.3, -0.25) is 13.9 Å². The maximum atomic E-state index is 13.2. The van der Waals surface area contributed by atoms with Gasteiger partial charge in [0, 0.05) is 40.8 Å². The Balaban J connectivity index is 1.56. The summed E-state index contributed by atoms with van der Waals surface area (Å²) >= 11 is 1.44. The molecule has 2 atom stereocenters. The van der Waals surface area contributed by atoms with Crippen molar-refractivity contribution in [2.45, 2.75) is 63.6 Å². The Bertz CT molecular complexity index is 1210. The molecule has 0 aromatic carbocycles. The average Bonchev–Trinajstić information content (AvgIpc) is 3.60. The third-order valence-electron chi connectivity index (χ3n) is 6.08. The highest BCUT2D eigenvalue weighted by molar-refractivity contribution is 7.17. The Labute approximate surface area is 180 Å². The Hall–Kier alpha value is -2.20. The van der Waals surface area contributed by atoms with Crippen LogP contribution >= 0.6 is 11.3 Å². The van der Waals surface area contributed by atoms with Crippen LogP contribution < -0.4 is 5.56 Å². The molecule has 166 valence electrons. The van der Waals surface area contributed by atoms with Crippen molar-refractivity contribution in [1.29, 1.82) is 0 Å². The minimum atomic E-state index is -4.51. The first-order valence-electron chi connectivity index (χ1n) is 10.5. The molecule has 2 aliphatic carbocycles. The molecule has 2 saturated carbocycles. The van der Waals surface area contributed by atoms with Gasteiger partial charge in [0.15, 0.2) is 10.7 Å². The Morgan fingerprint density at radius 3 is 2.61 bits per heavy atom. The number of aliphatic hydroxyl groups is 1. The highest BCUT2D eigenvalue weighted by atomic mass is 32.1. The third kappa shape index (κ3) is 3.69. The molecule has 0 saturated heterocycles. The van der Waals surface area contributed by atoms with Gasteiger partial charge < -0.3 is 5.11 Å². The summed E-state index contributed by atoms with van der Waals surface area (Å²) in [6.07, 6.45) is -1.97. The predicted molar refractivity (Wildman–Crippen MR) is 110 cm³/mol. The van der Waals surface area contributed by atoms with Gasteiger partial charge in [-0.05, 0) is 37.2 Å². The molecule has 5 rings (SSSR count). The fraction of sp³-hybridized carbons (Fsp3) is 0.571. The van der Waals surface area contributed by atoms with E-state index in [1.54, 1.807) is 4.40 Å². The number of hydrogen-bond donors (Lipinski definition) is 1. The number of alkyl halides is 3. The van der Waals surface area contributed by atoms with E-state index in [0.29, 0.717) is 16.3 Å². The summed E-state index contributed by atoms with van der Waals surface area (Å²) in [5.41, 5.74) is 0.735. The number of thiazole rings is 1. The lowest BCUT2D eigenvalue weighted by molar-refractivity contribution is -0.141. The summed E-state index contributed by atoms with van der Waals surface area (Å²) in [6.45, 7) is 4.23. The van der Waals surface area contributed by atoms with Crippen molar-refractivity contribution in [2.75, 3.05) is 6.61 Å². The third-order valence-corrected chi connectivity index (χ3v) is 7.43. The van der Waals surface area contributed by atoms with Crippen molar-refractivity contribution in [2.24, 2.45) is 5.92 Å². The maximum Gasteiger partial charge on any atom is 0.435 e. The van der Waals surface area contributed by atoms with Gasteiger partial charge in [-0.2, -0.15) is 18.3 Å². The van der Waals surface area contributed by atoms with Gasteiger partial charge >= 0.3 is 6.18 Å². The van der Waals surface area contributed by atoms with Crippen molar-refractivity contribution in [3.05, 3.63) is 50.1 Å². The molecule has 2 aliphatic rings. The molecular formula is C21H23F3N4O2S. The van der Waals surface area contributed by atoms with E-state index in [-0.39, 0.29) is 42.4 Å². The fourth-order valence-corrected chi connectivity index (χ4v) is 5.46. The first-order chi connectivity index (χ1) is 14.7. The minimum absolute atomic E-state index is 0.0284. The van der Waals surface area contributed by atoms with E-state index < -0.39 is 11.9 Å². The van der Waals surface area contributed by atoms with E-state index in [4.69, 9.17) is 0 Å². The van der Waals surface area contributed by atoms with E-state index in [0.717, 1.165) is 35.9 Å². The normalized spacial score (nSPS) is 21.4. The van der Waals surface area contributed by atoms with Crippen LogP contribution in [-0.2, 0) is 12.7 Å². The molecule has 3 heterocycles. The van der Waals surface area contributed by atoms with Gasteiger partial charge in [0.2, 0.25) is 0 Å². The molecule has 0 radical (unpaired) electrons. The largest absolute Gasteiger partial charge is 0.435 e. The molecule has 3 aromatic heterocycles. The maximum absolute atomic E-state index is 13.2.